The van der Waals surface area contributed by atoms with E-state index in [0.29, 0.717) is 68.2 Å². The van der Waals surface area contributed by atoms with Gasteiger partial charge in [0.05, 0.1) is 24.2 Å². The maximum atomic E-state index is 13.2. The maximum absolute atomic E-state index is 13.2. The number of hydrogen-bond donors (Lipinski definition) is 0. The zero-order valence-electron chi connectivity index (χ0n) is 18.7. The van der Waals surface area contributed by atoms with Crippen LogP contribution in [-0.2, 0) is 10.0 Å². The smallest absolute Gasteiger partial charge is 0.247 e. The second kappa shape index (κ2) is 9.32. The molecule has 11 heteroatoms. The minimum Gasteiger partial charge on any atom is -0.490 e. The van der Waals surface area contributed by atoms with Crippen molar-refractivity contribution in [2.45, 2.75) is 24.3 Å². The van der Waals surface area contributed by atoms with E-state index in [-0.39, 0.29) is 16.8 Å². The Balaban J connectivity index is 1.25. The van der Waals surface area contributed by atoms with Crippen molar-refractivity contribution in [3.8, 4) is 23.0 Å². The minimum absolute atomic E-state index is 0.190. The van der Waals surface area contributed by atoms with Gasteiger partial charge in [0.15, 0.2) is 11.5 Å². The molecule has 34 heavy (non-hydrogen) atoms. The van der Waals surface area contributed by atoms with Gasteiger partial charge in [-0.05, 0) is 43.3 Å². The third-order valence-electron chi connectivity index (χ3n) is 6.07. The third kappa shape index (κ3) is 4.50. The summed E-state index contributed by atoms with van der Waals surface area (Å²) in [6.07, 6.45) is 0.752. The molecule has 1 fully saturated rings. The molecule has 5 rings (SSSR count). The molecule has 0 amide bonds. The molecule has 1 saturated heterocycles. The van der Waals surface area contributed by atoms with Crippen LogP contribution in [0.15, 0.2) is 51.8 Å². The number of aromatic nitrogens is 2. The zero-order valence-corrected chi connectivity index (χ0v) is 19.5. The van der Waals surface area contributed by atoms with E-state index >= 15 is 0 Å². The lowest BCUT2D eigenvalue weighted by molar-refractivity contribution is 0.129. The van der Waals surface area contributed by atoms with Crippen molar-refractivity contribution in [2.24, 2.45) is 0 Å². The number of nitrogens with zero attached hydrogens (tertiary/aromatic N) is 4. The molecule has 1 aromatic heterocycles. The first-order valence-corrected chi connectivity index (χ1v) is 12.6. The van der Waals surface area contributed by atoms with Crippen LogP contribution in [0.5, 0.6) is 11.5 Å². The van der Waals surface area contributed by atoms with Crippen LogP contribution in [0.25, 0.3) is 11.5 Å². The van der Waals surface area contributed by atoms with E-state index in [2.05, 4.69) is 15.1 Å². The van der Waals surface area contributed by atoms with Gasteiger partial charge in [-0.1, -0.05) is 0 Å². The lowest BCUT2D eigenvalue weighted by atomic mass is 10.2. The summed E-state index contributed by atoms with van der Waals surface area (Å²) in [7, 11) is -3.67. The number of halogens is 1. The molecule has 3 aromatic rings. The van der Waals surface area contributed by atoms with Gasteiger partial charge in [-0.15, -0.1) is 10.2 Å². The normalized spacial score (nSPS) is 18.4. The molecule has 0 N–H and O–H groups in total. The highest BCUT2D eigenvalue weighted by Gasteiger charge is 2.32. The molecule has 9 nitrogen and oxygen atoms in total. The van der Waals surface area contributed by atoms with Crippen LogP contribution in [0, 0.1) is 5.82 Å². The average Bonchev–Trinajstić information content (AvgIpc) is 3.22. The highest BCUT2D eigenvalue weighted by atomic mass is 32.2. The van der Waals surface area contributed by atoms with Gasteiger partial charge in [0.25, 0.3) is 0 Å². The predicted molar refractivity (Wildman–Crippen MR) is 120 cm³/mol. The number of fused-ring (bicyclic) bond motifs is 1. The van der Waals surface area contributed by atoms with E-state index in [1.807, 2.05) is 6.92 Å². The Labute approximate surface area is 197 Å². The summed E-state index contributed by atoms with van der Waals surface area (Å²) in [4.78, 5) is 2.29. The van der Waals surface area contributed by atoms with Gasteiger partial charge in [-0.2, -0.15) is 4.31 Å². The molecular weight excluding hydrogens is 463 g/mol. The van der Waals surface area contributed by atoms with Gasteiger partial charge in [-0.25, -0.2) is 12.8 Å². The van der Waals surface area contributed by atoms with Gasteiger partial charge < -0.3 is 13.9 Å². The molecule has 1 atom stereocenters. The van der Waals surface area contributed by atoms with Gasteiger partial charge in [0.2, 0.25) is 21.8 Å². The van der Waals surface area contributed by atoms with Crippen LogP contribution in [0.2, 0.25) is 0 Å². The van der Waals surface area contributed by atoms with Gasteiger partial charge in [0.1, 0.15) is 5.82 Å². The number of sulfonamides is 1. The summed E-state index contributed by atoms with van der Waals surface area (Å²) in [6, 6.07) is 10.4. The molecule has 2 aromatic carbocycles. The van der Waals surface area contributed by atoms with Crippen molar-refractivity contribution in [2.75, 3.05) is 39.4 Å². The predicted octanol–water partition coefficient (Wildman–Crippen LogP) is 3.10. The number of piperazine rings is 1. The number of benzene rings is 2. The number of rotatable bonds is 5. The Morgan fingerprint density at radius 2 is 1.65 bits per heavy atom. The van der Waals surface area contributed by atoms with Crippen molar-refractivity contribution in [3.63, 3.8) is 0 Å². The SMILES string of the molecule is C[C@H](c1nnc(-c2ccc(F)cc2)o1)N1CCN(S(=O)(=O)c2ccc3c(c2)OCCCO3)CC1. The first-order chi connectivity index (χ1) is 16.4. The van der Waals surface area contributed by atoms with E-state index in [9.17, 15) is 12.8 Å². The van der Waals surface area contributed by atoms with Crippen LogP contribution >= 0.6 is 0 Å². The number of hydrogen-bond acceptors (Lipinski definition) is 8. The fraction of sp³-hybridized carbons (Fsp3) is 0.391. The standard InChI is InChI=1S/C23H25FN4O5S/c1-16(22-25-26-23(33-22)17-3-5-18(24)6-4-17)27-9-11-28(12-10-27)34(29,30)19-7-8-20-21(15-19)32-14-2-13-31-20/h3-8,15-16H,2,9-14H2,1H3/t16-/m1/s1. The lowest BCUT2D eigenvalue weighted by Crippen LogP contribution is -2.49. The van der Waals surface area contributed by atoms with Crippen molar-refractivity contribution in [3.05, 3.63) is 54.2 Å². The molecule has 3 heterocycles. The quantitative estimate of drug-likeness (QED) is 0.540. The topological polar surface area (TPSA) is 98.0 Å². The van der Waals surface area contributed by atoms with Crippen LogP contribution in [-0.4, -0.2) is 67.2 Å². The molecule has 0 bridgehead atoms. The highest BCUT2D eigenvalue weighted by Crippen LogP contribution is 2.33. The Morgan fingerprint density at radius 1 is 0.941 bits per heavy atom. The highest BCUT2D eigenvalue weighted by molar-refractivity contribution is 7.89. The molecular formula is C23H25FN4O5S. The Bertz CT molecular complexity index is 1260. The monoisotopic (exact) mass is 488 g/mol. The molecule has 0 unspecified atom stereocenters. The summed E-state index contributed by atoms with van der Waals surface area (Å²) in [5.74, 6) is 1.43. The summed E-state index contributed by atoms with van der Waals surface area (Å²) in [5, 5.41) is 8.22. The van der Waals surface area contributed by atoms with E-state index in [1.165, 1.54) is 16.4 Å². The van der Waals surface area contributed by atoms with Gasteiger partial charge in [-0.3, -0.25) is 4.90 Å². The number of ether oxygens (including phenoxy) is 2. The summed E-state index contributed by atoms with van der Waals surface area (Å²) >= 11 is 0. The minimum atomic E-state index is -3.67. The van der Waals surface area contributed by atoms with Crippen LogP contribution < -0.4 is 9.47 Å². The van der Waals surface area contributed by atoms with Crippen LogP contribution in [0.1, 0.15) is 25.3 Å². The van der Waals surface area contributed by atoms with Crippen molar-refractivity contribution >= 4 is 10.0 Å². The van der Waals surface area contributed by atoms with Gasteiger partial charge in [0, 0.05) is 44.2 Å². The average molecular weight is 489 g/mol. The molecule has 180 valence electrons. The van der Waals surface area contributed by atoms with Crippen LogP contribution in [0.4, 0.5) is 4.39 Å². The second-order valence-electron chi connectivity index (χ2n) is 8.23. The fourth-order valence-corrected chi connectivity index (χ4v) is 5.49. The molecule has 2 aliphatic rings. The Kier molecular flexibility index (Phi) is 6.24. The van der Waals surface area contributed by atoms with E-state index in [4.69, 9.17) is 13.9 Å². The molecule has 0 aliphatic carbocycles. The molecule has 0 saturated carbocycles. The van der Waals surface area contributed by atoms with E-state index in [1.54, 1.807) is 30.3 Å². The molecule has 2 aliphatic heterocycles. The summed E-state index contributed by atoms with van der Waals surface area (Å²) in [5.41, 5.74) is 0.637. The van der Waals surface area contributed by atoms with Crippen LogP contribution in [0.3, 0.4) is 0 Å². The lowest BCUT2D eigenvalue weighted by Gasteiger charge is -2.36. The Hall–Kier alpha value is -3.02. The summed E-state index contributed by atoms with van der Waals surface area (Å²) in [6.45, 7) is 4.67. The third-order valence-corrected chi connectivity index (χ3v) is 7.96. The van der Waals surface area contributed by atoms with Crippen molar-refractivity contribution < 1.29 is 26.7 Å². The fourth-order valence-electron chi connectivity index (χ4n) is 4.05. The van der Waals surface area contributed by atoms with Crippen molar-refractivity contribution in [1.29, 1.82) is 0 Å². The Morgan fingerprint density at radius 3 is 2.38 bits per heavy atom. The van der Waals surface area contributed by atoms with Crippen molar-refractivity contribution in [1.82, 2.24) is 19.4 Å². The van der Waals surface area contributed by atoms with E-state index in [0.717, 1.165) is 6.42 Å². The molecule has 0 spiro atoms. The first-order valence-electron chi connectivity index (χ1n) is 11.1. The zero-order chi connectivity index (χ0) is 23.7. The van der Waals surface area contributed by atoms with E-state index < -0.39 is 10.0 Å². The van der Waals surface area contributed by atoms with Gasteiger partial charge >= 0.3 is 0 Å². The molecule has 0 radical (unpaired) electrons. The first kappa shape index (κ1) is 22.8. The largest absolute Gasteiger partial charge is 0.490 e. The second-order valence-corrected chi connectivity index (χ2v) is 10.2. The summed E-state index contributed by atoms with van der Waals surface area (Å²) < 4.78 is 58.2. The maximum Gasteiger partial charge on any atom is 0.247 e.